The number of benzene rings is 2. The molecule has 0 atom stereocenters. The van der Waals surface area contributed by atoms with Gasteiger partial charge >= 0.3 is 0 Å². The lowest BCUT2D eigenvalue weighted by molar-refractivity contribution is 0.398. The van der Waals surface area contributed by atoms with Crippen molar-refractivity contribution in [2.24, 2.45) is 0 Å². The maximum Gasteiger partial charge on any atom is 0.123 e. The van der Waals surface area contributed by atoms with Gasteiger partial charge in [-0.2, -0.15) is 0 Å². The van der Waals surface area contributed by atoms with E-state index in [9.17, 15) is 4.39 Å². The highest BCUT2D eigenvalue weighted by molar-refractivity contribution is 7.99. The fraction of sp³-hybridized carbons (Fsp3) is 0.250. The Morgan fingerprint density at radius 1 is 1.11 bits per heavy atom. The zero-order chi connectivity index (χ0) is 13.8. The van der Waals surface area contributed by atoms with Crippen LogP contribution in [0.1, 0.15) is 11.1 Å². The number of aryl methyl sites for hydroxylation is 1. The quantitative estimate of drug-likeness (QED) is 0.816. The minimum Gasteiger partial charge on any atom is -0.305 e. The molecule has 0 unspecified atom stereocenters. The Morgan fingerprint density at radius 3 is 2.58 bits per heavy atom. The van der Waals surface area contributed by atoms with Gasteiger partial charge in [-0.15, -0.1) is 0 Å². The van der Waals surface area contributed by atoms with E-state index in [1.165, 1.54) is 16.5 Å². The molecule has 0 radical (unpaired) electrons. The van der Waals surface area contributed by atoms with Crippen LogP contribution in [0.15, 0.2) is 52.3 Å². The van der Waals surface area contributed by atoms with Crippen LogP contribution >= 0.6 is 11.8 Å². The van der Waals surface area contributed by atoms with Gasteiger partial charge in [0.25, 0.3) is 0 Å². The van der Waals surface area contributed by atoms with Gasteiger partial charge in [0, 0.05) is 16.3 Å². The van der Waals surface area contributed by atoms with Crippen molar-refractivity contribution in [3.8, 4) is 0 Å². The molecule has 100 valence electrons. The largest absolute Gasteiger partial charge is 0.305 e. The summed E-state index contributed by atoms with van der Waals surface area (Å²) in [6, 6.07) is 13.4. The molecule has 19 heavy (non-hydrogen) atoms. The summed E-state index contributed by atoms with van der Waals surface area (Å²) in [5.41, 5.74) is 2.26. The van der Waals surface area contributed by atoms with Crippen LogP contribution in [0.4, 0.5) is 4.39 Å². The molecule has 2 rings (SSSR count). The molecule has 0 heterocycles. The van der Waals surface area contributed by atoms with E-state index in [2.05, 4.69) is 30.0 Å². The van der Waals surface area contributed by atoms with Crippen LogP contribution in [0.3, 0.4) is 0 Å². The van der Waals surface area contributed by atoms with E-state index in [0.29, 0.717) is 0 Å². The molecular weight excluding hydrogens is 257 g/mol. The van der Waals surface area contributed by atoms with E-state index < -0.39 is 0 Å². The molecule has 0 amide bonds. The third-order valence-electron chi connectivity index (χ3n) is 2.73. The first-order valence-electron chi connectivity index (χ1n) is 6.22. The van der Waals surface area contributed by atoms with Crippen LogP contribution in [0.25, 0.3) is 0 Å². The number of nitrogens with zero attached hydrogens (tertiary/aromatic N) is 1. The van der Waals surface area contributed by atoms with Gasteiger partial charge in [0.2, 0.25) is 0 Å². The first kappa shape index (κ1) is 14.1. The third kappa shape index (κ3) is 4.08. The van der Waals surface area contributed by atoms with E-state index >= 15 is 0 Å². The van der Waals surface area contributed by atoms with Crippen molar-refractivity contribution < 1.29 is 4.39 Å². The van der Waals surface area contributed by atoms with E-state index in [0.717, 1.165) is 17.0 Å². The predicted molar refractivity (Wildman–Crippen MR) is 79.1 cm³/mol. The zero-order valence-corrected chi connectivity index (χ0v) is 12.3. The second kappa shape index (κ2) is 6.22. The molecular formula is C16H18FNS. The van der Waals surface area contributed by atoms with Crippen molar-refractivity contribution in [1.29, 1.82) is 0 Å². The van der Waals surface area contributed by atoms with Crippen LogP contribution in [-0.4, -0.2) is 19.0 Å². The molecule has 1 nitrogen and oxygen atoms in total. The van der Waals surface area contributed by atoms with Crippen molar-refractivity contribution in [3.05, 3.63) is 59.4 Å². The van der Waals surface area contributed by atoms with Crippen LogP contribution < -0.4 is 0 Å². The highest BCUT2D eigenvalue weighted by atomic mass is 32.2. The summed E-state index contributed by atoms with van der Waals surface area (Å²) in [4.78, 5) is 4.35. The van der Waals surface area contributed by atoms with Crippen molar-refractivity contribution >= 4 is 11.8 Å². The molecule has 0 N–H and O–H groups in total. The van der Waals surface area contributed by atoms with Gasteiger partial charge in [0.1, 0.15) is 5.82 Å². The molecule has 2 aromatic carbocycles. The van der Waals surface area contributed by atoms with Crippen LogP contribution in [0.2, 0.25) is 0 Å². The van der Waals surface area contributed by atoms with E-state index in [-0.39, 0.29) is 5.82 Å². The first-order valence-corrected chi connectivity index (χ1v) is 7.04. The lowest BCUT2D eigenvalue weighted by Crippen LogP contribution is -2.11. The fourth-order valence-electron chi connectivity index (χ4n) is 1.92. The Balaban J connectivity index is 2.28. The Bertz CT molecular complexity index is 566. The maximum absolute atomic E-state index is 13.4. The average Bonchev–Trinajstić information content (AvgIpc) is 2.32. The molecule has 0 aliphatic rings. The molecule has 0 saturated heterocycles. The van der Waals surface area contributed by atoms with Gasteiger partial charge in [-0.05, 0) is 56.9 Å². The number of rotatable bonds is 4. The Kier molecular flexibility index (Phi) is 4.61. The minimum absolute atomic E-state index is 0.176. The SMILES string of the molecule is Cc1cccc(Sc2ccc(F)cc2CN(C)C)c1. The lowest BCUT2D eigenvalue weighted by Gasteiger charge is -2.14. The van der Waals surface area contributed by atoms with Crippen molar-refractivity contribution in [3.63, 3.8) is 0 Å². The summed E-state index contributed by atoms with van der Waals surface area (Å²) in [5, 5.41) is 0. The smallest absolute Gasteiger partial charge is 0.123 e. The molecule has 0 aliphatic heterocycles. The minimum atomic E-state index is -0.176. The molecule has 0 fully saturated rings. The van der Waals surface area contributed by atoms with E-state index in [1.54, 1.807) is 17.8 Å². The molecule has 3 heteroatoms. The van der Waals surface area contributed by atoms with E-state index in [4.69, 9.17) is 0 Å². The number of hydrogen-bond donors (Lipinski definition) is 0. The molecule has 0 saturated carbocycles. The zero-order valence-electron chi connectivity index (χ0n) is 11.5. The van der Waals surface area contributed by atoms with Gasteiger partial charge in [0.15, 0.2) is 0 Å². The van der Waals surface area contributed by atoms with Crippen molar-refractivity contribution in [1.82, 2.24) is 4.90 Å². The summed E-state index contributed by atoms with van der Waals surface area (Å²) < 4.78 is 13.4. The molecule has 0 spiro atoms. The maximum atomic E-state index is 13.4. The summed E-state index contributed by atoms with van der Waals surface area (Å²) in [6.07, 6.45) is 0. The average molecular weight is 275 g/mol. The standard InChI is InChI=1S/C16H18FNS/c1-12-5-4-6-15(9-12)19-16-8-7-14(17)10-13(16)11-18(2)3/h4-10H,11H2,1-3H3. The van der Waals surface area contributed by atoms with Crippen molar-refractivity contribution in [2.75, 3.05) is 14.1 Å². The molecule has 0 aromatic heterocycles. The lowest BCUT2D eigenvalue weighted by atomic mass is 10.2. The van der Waals surface area contributed by atoms with Crippen molar-refractivity contribution in [2.45, 2.75) is 23.3 Å². The van der Waals surface area contributed by atoms with Gasteiger partial charge < -0.3 is 4.90 Å². The monoisotopic (exact) mass is 275 g/mol. The highest BCUT2D eigenvalue weighted by Crippen LogP contribution is 2.31. The van der Waals surface area contributed by atoms with Gasteiger partial charge in [-0.1, -0.05) is 29.5 Å². The molecule has 2 aromatic rings. The molecule has 0 aliphatic carbocycles. The van der Waals surface area contributed by atoms with Gasteiger partial charge in [0.05, 0.1) is 0 Å². The summed E-state index contributed by atoms with van der Waals surface area (Å²) in [7, 11) is 3.98. The second-order valence-electron chi connectivity index (χ2n) is 4.91. The Hall–Kier alpha value is -1.32. The Morgan fingerprint density at radius 2 is 1.89 bits per heavy atom. The van der Waals surface area contributed by atoms with Crippen LogP contribution in [-0.2, 0) is 6.54 Å². The second-order valence-corrected chi connectivity index (χ2v) is 6.02. The van der Waals surface area contributed by atoms with Gasteiger partial charge in [-0.3, -0.25) is 0 Å². The number of hydrogen-bond acceptors (Lipinski definition) is 2. The molecule has 0 bridgehead atoms. The summed E-state index contributed by atoms with van der Waals surface area (Å²) >= 11 is 1.69. The third-order valence-corrected chi connectivity index (χ3v) is 3.83. The normalized spacial score (nSPS) is 11.0. The topological polar surface area (TPSA) is 3.24 Å². The summed E-state index contributed by atoms with van der Waals surface area (Å²) in [5.74, 6) is -0.176. The summed E-state index contributed by atoms with van der Waals surface area (Å²) in [6.45, 7) is 2.82. The van der Waals surface area contributed by atoms with Crippen LogP contribution in [0.5, 0.6) is 0 Å². The van der Waals surface area contributed by atoms with E-state index in [1.807, 2.05) is 26.2 Å². The Labute approximate surface area is 118 Å². The van der Waals surface area contributed by atoms with Gasteiger partial charge in [-0.25, -0.2) is 4.39 Å². The fourth-order valence-corrected chi connectivity index (χ4v) is 2.95. The highest BCUT2D eigenvalue weighted by Gasteiger charge is 2.07. The number of halogens is 1. The first-order chi connectivity index (χ1) is 9.04. The predicted octanol–water partition coefficient (Wildman–Crippen LogP) is 4.35. The van der Waals surface area contributed by atoms with Crippen LogP contribution in [0, 0.1) is 12.7 Å².